The Balaban J connectivity index is 2.25. The number of halogens is 1. The first-order valence-corrected chi connectivity index (χ1v) is 7.74. The molecule has 0 amide bonds. The summed E-state index contributed by atoms with van der Waals surface area (Å²) in [7, 11) is 2.04. The van der Waals surface area contributed by atoms with Gasteiger partial charge in [0.25, 0.3) is 0 Å². The van der Waals surface area contributed by atoms with Crippen molar-refractivity contribution >= 4 is 27.3 Å². The number of likely N-dealkylation sites (N-methyl/N-ethyl adjacent to an activating group) is 1. The molecule has 1 nitrogen and oxygen atoms in total. The lowest BCUT2D eigenvalue weighted by Gasteiger charge is -2.19. The Morgan fingerprint density at radius 3 is 2.67 bits per heavy atom. The molecule has 1 heterocycles. The van der Waals surface area contributed by atoms with Crippen molar-refractivity contribution in [3.05, 3.63) is 55.7 Å². The van der Waals surface area contributed by atoms with E-state index in [1.165, 1.54) is 26.0 Å². The van der Waals surface area contributed by atoms with Gasteiger partial charge in [-0.25, -0.2) is 0 Å². The molecule has 2 aromatic rings. The minimum Gasteiger partial charge on any atom is -0.313 e. The van der Waals surface area contributed by atoms with E-state index in [-0.39, 0.29) is 0 Å². The summed E-state index contributed by atoms with van der Waals surface area (Å²) in [5.74, 6) is 0. The van der Waals surface area contributed by atoms with Crippen LogP contribution in [0.2, 0.25) is 0 Å². The van der Waals surface area contributed by atoms with Gasteiger partial charge in [0.15, 0.2) is 0 Å². The summed E-state index contributed by atoms with van der Waals surface area (Å²) >= 11 is 5.33. The highest BCUT2D eigenvalue weighted by molar-refractivity contribution is 9.10. The highest BCUT2D eigenvalue weighted by Crippen LogP contribution is 2.27. The standard InChI is InChI=1S/C15H18BrNS/c1-10-4-5-11(2)14(6-10)15(17-3)8-13-7-12(16)9-18-13/h4-7,9,15,17H,8H2,1-3H3. The molecule has 0 spiro atoms. The van der Waals surface area contributed by atoms with Gasteiger partial charge in [0.1, 0.15) is 0 Å². The van der Waals surface area contributed by atoms with E-state index in [0.717, 1.165) is 6.42 Å². The molecule has 0 saturated carbocycles. The third-order valence-electron chi connectivity index (χ3n) is 3.19. The maximum absolute atomic E-state index is 3.52. The highest BCUT2D eigenvalue weighted by Gasteiger charge is 2.13. The average molecular weight is 324 g/mol. The zero-order valence-electron chi connectivity index (χ0n) is 11.0. The maximum Gasteiger partial charge on any atom is 0.0369 e. The smallest absolute Gasteiger partial charge is 0.0369 e. The predicted molar refractivity (Wildman–Crippen MR) is 83.4 cm³/mol. The third-order valence-corrected chi connectivity index (χ3v) is 4.91. The Morgan fingerprint density at radius 1 is 1.28 bits per heavy atom. The average Bonchev–Trinajstić information content (AvgIpc) is 2.75. The van der Waals surface area contributed by atoms with Gasteiger partial charge in [0, 0.05) is 27.2 Å². The molecule has 0 radical (unpaired) electrons. The van der Waals surface area contributed by atoms with Gasteiger partial charge in [0.2, 0.25) is 0 Å². The first kappa shape index (κ1) is 13.8. The number of rotatable bonds is 4. The topological polar surface area (TPSA) is 12.0 Å². The van der Waals surface area contributed by atoms with Crippen molar-refractivity contribution in [2.45, 2.75) is 26.3 Å². The Morgan fingerprint density at radius 2 is 2.06 bits per heavy atom. The zero-order valence-corrected chi connectivity index (χ0v) is 13.4. The summed E-state index contributed by atoms with van der Waals surface area (Å²) in [6.07, 6.45) is 1.04. The van der Waals surface area contributed by atoms with Crippen LogP contribution >= 0.6 is 27.3 Å². The van der Waals surface area contributed by atoms with Crippen LogP contribution in [-0.4, -0.2) is 7.05 Å². The Hall–Kier alpha value is -0.640. The number of hydrogen-bond acceptors (Lipinski definition) is 2. The van der Waals surface area contributed by atoms with Crippen LogP contribution in [0, 0.1) is 13.8 Å². The predicted octanol–water partition coefficient (Wildman–Crippen LogP) is 4.63. The molecule has 0 bridgehead atoms. The number of benzene rings is 1. The van der Waals surface area contributed by atoms with Crippen molar-refractivity contribution < 1.29 is 0 Å². The van der Waals surface area contributed by atoms with E-state index in [9.17, 15) is 0 Å². The van der Waals surface area contributed by atoms with Gasteiger partial charge in [-0.2, -0.15) is 0 Å². The van der Waals surface area contributed by atoms with E-state index in [0.29, 0.717) is 6.04 Å². The van der Waals surface area contributed by atoms with Crippen LogP contribution in [0.5, 0.6) is 0 Å². The van der Waals surface area contributed by atoms with Crippen LogP contribution in [-0.2, 0) is 6.42 Å². The van der Waals surface area contributed by atoms with Gasteiger partial charge in [-0.1, -0.05) is 23.8 Å². The van der Waals surface area contributed by atoms with Crippen molar-refractivity contribution in [2.75, 3.05) is 7.05 Å². The quantitative estimate of drug-likeness (QED) is 0.864. The minimum atomic E-state index is 0.385. The summed E-state index contributed by atoms with van der Waals surface area (Å²) in [6, 6.07) is 9.27. The van der Waals surface area contributed by atoms with E-state index < -0.39 is 0 Å². The molecule has 2 rings (SSSR count). The summed E-state index contributed by atoms with van der Waals surface area (Å²) in [5.41, 5.74) is 4.08. The van der Waals surface area contributed by atoms with Crippen molar-refractivity contribution in [1.82, 2.24) is 5.32 Å². The molecule has 0 fully saturated rings. The van der Waals surface area contributed by atoms with E-state index in [1.54, 1.807) is 0 Å². The van der Waals surface area contributed by atoms with E-state index in [1.807, 2.05) is 18.4 Å². The maximum atomic E-state index is 3.52. The Labute approximate surface area is 121 Å². The van der Waals surface area contributed by atoms with Crippen LogP contribution in [0.3, 0.4) is 0 Å². The number of nitrogens with one attached hydrogen (secondary N) is 1. The monoisotopic (exact) mass is 323 g/mol. The van der Waals surface area contributed by atoms with Crippen molar-refractivity contribution in [1.29, 1.82) is 0 Å². The van der Waals surface area contributed by atoms with Crippen LogP contribution in [0.25, 0.3) is 0 Å². The van der Waals surface area contributed by atoms with Crippen LogP contribution in [0.4, 0.5) is 0 Å². The molecule has 1 aromatic carbocycles. The number of hydrogen-bond donors (Lipinski definition) is 1. The molecular weight excluding hydrogens is 306 g/mol. The van der Waals surface area contributed by atoms with Gasteiger partial charge in [-0.05, 0) is 54.0 Å². The first-order valence-electron chi connectivity index (χ1n) is 6.07. The third kappa shape index (κ3) is 3.22. The molecule has 0 saturated heterocycles. The lowest BCUT2D eigenvalue weighted by atomic mass is 9.96. The minimum absolute atomic E-state index is 0.385. The zero-order chi connectivity index (χ0) is 13.1. The van der Waals surface area contributed by atoms with Gasteiger partial charge >= 0.3 is 0 Å². The van der Waals surface area contributed by atoms with Gasteiger partial charge in [-0.15, -0.1) is 11.3 Å². The lowest BCUT2D eigenvalue weighted by Crippen LogP contribution is -2.19. The lowest BCUT2D eigenvalue weighted by molar-refractivity contribution is 0.593. The molecule has 1 atom stereocenters. The highest BCUT2D eigenvalue weighted by atomic mass is 79.9. The van der Waals surface area contributed by atoms with Crippen LogP contribution in [0.15, 0.2) is 34.1 Å². The van der Waals surface area contributed by atoms with Crippen molar-refractivity contribution in [3.8, 4) is 0 Å². The molecule has 3 heteroatoms. The second-order valence-corrected chi connectivity index (χ2v) is 6.55. The summed E-state index contributed by atoms with van der Waals surface area (Å²) in [5, 5.41) is 5.58. The first-order chi connectivity index (χ1) is 8.60. The molecular formula is C15H18BrNS. The second-order valence-electron chi connectivity index (χ2n) is 4.64. The molecule has 0 aliphatic carbocycles. The van der Waals surface area contributed by atoms with Gasteiger partial charge in [0.05, 0.1) is 0 Å². The van der Waals surface area contributed by atoms with E-state index >= 15 is 0 Å². The normalized spacial score (nSPS) is 12.7. The van der Waals surface area contributed by atoms with Crippen molar-refractivity contribution in [2.24, 2.45) is 0 Å². The molecule has 1 unspecified atom stereocenters. The Bertz CT molecular complexity index is 533. The molecule has 1 aromatic heterocycles. The number of thiophene rings is 1. The van der Waals surface area contributed by atoms with E-state index in [4.69, 9.17) is 0 Å². The van der Waals surface area contributed by atoms with Crippen LogP contribution in [0.1, 0.15) is 27.6 Å². The molecule has 96 valence electrons. The fourth-order valence-electron chi connectivity index (χ4n) is 2.16. The second kappa shape index (κ2) is 6.00. The molecule has 18 heavy (non-hydrogen) atoms. The SMILES string of the molecule is CNC(Cc1cc(Br)cs1)c1cc(C)ccc1C. The number of aryl methyl sites for hydroxylation is 2. The van der Waals surface area contributed by atoms with Gasteiger partial charge < -0.3 is 5.32 Å². The Kier molecular flexibility index (Phi) is 4.60. The van der Waals surface area contributed by atoms with Crippen molar-refractivity contribution in [3.63, 3.8) is 0 Å². The molecule has 0 aliphatic rings. The van der Waals surface area contributed by atoms with E-state index in [2.05, 4.69) is 64.7 Å². The fraction of sp³-hybridized carbons (Fsp3) is 0.333. The summed E-state index contributed by atoms with van der Waals surface area (Å²) < 4.78 is 1.18. The molecule has 0 aliphatic heterocycles. The summed E-state index contributed by atoms with van der Waals surface area (Å²) in [6.45, 7) is 4.33. The molecule has 1 N–H and O–H groups in total. The summed E-state index contributed by atoms with van der Waals surface area (Å²) in [4.78, 5) is 1.40. The fourth-order valence-corrected chi connectivity index (χ4v) is 3.66. The van der Waals surface area contributed by atoms with Crippen LogP contribution < -0.4 is 5.32 Å². The van der Waals surface area contributed by atoms with Gasteiger partial charge in [-0.3, -0.25) is 0 Å². The largest absolute Gasteiger partial charge is 0.313 e.